The van der Waals surface area contributed by atoms with Gasteiger partial charge in [0.1, 0.15) is 5.69 Å². The minimum Gasteiger partial charge on any atom is -0.388 e. The highest BCUT2D eigenvalue weighted by atomic mass is 19.2. The van der Waals surface area contributed by atoms with Gasteiger partial charge in [0.05, 0.1) is 4.92 Å². The number of aryl methyl sites for hydroxylation is 1. The van der Waals surface area contributed by atoms with Crippen molar-refractivity contribution in [3.05, 3.63) is 67.6 Å². The molecule has 0 aliphatic heterocycles. The van der Waals surface area contributed by atoms with E-state index < -0.39 is 57.2 Å². The third-order valence-electron chi connectivity index (χ3n) is 3.11. The number of nitro benzene ring substituents is 1. The summed E-state index contributed by atoms with van der Waals surface area (Å²) in [5.74, 6) is -11.0. The van der Waals surface area contributed by atoms with Crippen LogP contribution in [-0.4, -0.2) is 11.1 Å². The smallest absolute Gasteiger partial charge is 0.388 e. The van der Waals surface area contributed by atoms with E-state index in [4.69, 9.17) is 5.53 Å². The number of azide groups is 1. The summed E-state index contributed by atoms with van der Waals surface area (Å²) in [4.78, 5) is 23.8. The minimum atomic E-state index is -2.17. The highest BCUT2D eigenvalue weighted by molar-refractivity contribution is 5.70. The summed E-state index contributed by atoms with van der Waals surface area (Å²) in [5, 5.41) is 13.5. The third-order valence-corrected chi connectivity index (χ3v) is 3.11. The van der Waals surface area contributed by atoms with Crippen molar-refractivity contribution in [2.45, 2.75) is 6.92 Å². The Morgan fingerprint density at radius 3 is 2.26 bits per heavy atom. The van der Waals surface area contributed by atoms with Crippen molar-refractivity contribution in [3.8, 4) is 11.5 Å². The van der Waals surface area contributed by atoms with Gasteiger partial charge < -0.3 is 9.47 Å². The lowest BCUT2D eigenvalue weighted by Gasteiger charge is -2.10. The second kappa shape index (κ2) is 7.58. The lowest BCUT2D eigenvalue weighted by molar-refractivity contribution is -0.386. The number of hydrogen-bond acceptors (Lipinski definition) is 6. The Labute approximate surface area is 146 Å². The number of ether oxygens (including phenoxy) is 2. The summed E-state index contributed by atoms with van der Waals surface area (Å²) in [7, 11) is 0. The molecule has 0 bridgehead atoms. The molecule has 2 aromatic rings. The van der Waals surface area contributed by atoms with E-state index in [1.165, 1.54) is 19.1 Å². The lowest BCUT2D eigenvalue weighted by Crippen LogP contribution is -2.17. The van der Waals surface area contributed by atoms with Gasteiger partial charge in [0.2, 0.25) is 23.1 Å². The third kappa shape index (κ3) is 3.72. The topological polar surface area (TPSA) is 127 Å². The molecular formula is C14H6F4N4O5. The standard InChI is InChI=1S/C14H6F4N4O5/c1-5-3-2-4-6(12(5)22(24)25)26-14(23)27-13-9(17)7(15)11(20-21-19)8(16)10(13)18/h2-4H,1H3. The Balaban J connectivity index is 2.39. The summed E-state index contributed by atoms with van der Waals surface area (Å²) in [6.07, 6.45) is -1.91. The van der Waals surface area contributed by atoms with Gasteiger partial charge in [0.15, 0.2) is 11.6 Å². The van der Waals surface area contributed by atoms with E-state index in [0.717, 1.165) is 6.07 Å². The number of nitrogens with zero attached hydrogens (tertiary/aromatic N) is 4. The molecule has 0 atom stereocenters. The number of carbonyl (C=O) groups excluding carboxylic acids is 1. The van der Waals surface area contributed by atoms with E-state index in [-0.39, 0.29) is 5.56 Å². The van der Waals surface area contributed by atoms with Crippen molar-refractivity contribution >= 4 is 17.5 Å². The summed E-state index contributed by atoms with van der Waals surface area (Å²) in [5.41, 5.74) is 6.00. The van der Waals surface area contributed by atoms with E-state index in [0.29, 0.717) is 0 Å². The maximum atomic E-state index is 13.8. The van der Waals surface area contributed by atoms with Gasteiger partial charge in [0.25, 0.3) is 0 Å². The molecule has 0 aromatic heterocycles. The quantitative estimate of drug-likeness (QED) is 0.0842. The molecule has 2 rings (SSSR count). The van der Waals surface area contributed by atoms with Crippen LogP contribution in [0, 0.1) is 40.3 Å². The first-order valence-electron chi connectivity index (χ1n) is 6.73. The van der Waals surface area contributed by atoms with Gasteiger partial charge in [0, 0.05) is 10.5 Å². The number of carbonyl (C=O) groups is 1. The summed E-state index contributed by atoms with van der Waals surface area (Å²) in [6, 6.07) is 3.60. The van der Waals surface area contributed by atoms with E-state index in [1.807, 2.05) is 4.91 Å². The van der Waals surface area contributed by atoms with Gasteiger partial charge in [-0.15, -0.1) is 0 Å². The Hall–Kier alpha value is -3.86. The van der Waals surface area contributed by atoms with Crippen molar-refractivity contribution in [2.24, 2.45) is 5.11 Å². The number of nitro groups is 1. The molecule has 9 nitrogen and oxygen atoms in total. The van der Waals surface area contributed by atoms with Gasteiger partial charge in [-0.2, -0.15) is 8.78 Å². The van der Waals surface area contributed by atoms with E-state index >= 15 is 0 Å². The molecule has 0 fully saturated rings. The monoisotopic (exact) mass is 386 g/mol. The van der Waals surface area contributed by atoms with Crippen LogP contribution < -0.4 is 9.47 Å². The average molecular weight is 386 g/mol. The number of para-hydroxylation sites is 1. The number of hydrogen-bond donors (Lipinski definition) is 0. The minimum absolute atomic E-state index is 0.0958. The van der Waals surface area contributed by atoms with Crippen LogP contribution in [0.15, 0.2) is 23.3 Å². The molecule has 13 heteroatoms. The van der Waals surface area contributed by atoms with Crippen molar-refractivity contribution < 1.29 is 36.8 Å². The van der Waals surface area contributed by atoms with Gasteiger partial charge in [-0.05, 0) is 18.5 Å². The predicted octanol–water partition coefficient (Wildman–Crippen LogP) is 4.98. The molecule has 0 saturated carbocycles. The molecule has 0 saturated heterocycles. The average Bonchev–Trinajstić information content (AvgIpc) is 2.60. The highest BCUT2D eigenvalue weighted by Gasteiger charge is 2.29. The molecular weight excluding hydrogens is 380 g/mol. The zero-order valence-corrected chi connectivity index (χ0v) is 13.1. The second-order valence-electron chi connectivity index (χ2n) is 4.76. The number of benzene rings is 2. The Kier molecular flexibility index (Phi) is 5.46. The normalized spacial score (nSPS) is 10.1. The van der Waals surface area contributed by atoms with Crippen LogP contribution in [0.4, 0.5) is 33.7 Å². The molecule has 0 unspecified atom stereocenters. The van der Waals surface area contributed by atoms with Gasteiger partial charge in [-0.25, -0.2) is 13.6 Å². The highest BCUT2D eigenvalue weighted by Crippen LogP contribution is 2.36. The second-order valence-corrected chi connectivity index (χ2v) is 4.76. The van der Waals surface area contributed by atoms with Gasteiger partial charge in [-0.3, -0.25) is 10.1 Å². The molecule has 27 heavy (non-hydrogen) atoms. The first kappa shape index (κ1) is 19.5. The predicted molar refractivity (Wildman–Crippen MR) is 79.6 cm³/mol. The fraction of sp³-hybridized carbons (Fsp3) is 0.0714. The van der Waals surface area contributed by atoms with Crippen LogP contribution in [0.1, 0.15) is 5.56 Å². The molecule has 140 valence electrons. The molecule has 0 amide bonds. The number of rotatable bonds is 4. The Morgan fingerprint density at radius 1 is 1.15 bits per heavy atom. The van der Waals surface area contributed by atoms with Crippen molar-refractivity contribution in [3.63, 3.8) is 0 Å². The lowest BCUT2D eigenvalue weighted by atomic mass is 10.2. The fourth-order valence-electron chi connectivity index (χ4n) is 1.96. The van der Waals surface area contributed by atoms with Crippen molar-refractivity contribution in [1.82, 2.24) is 0 Å². The molecule has 0 aliphatic carbocycles. The molecule has 2 aromatic carbocycles. The first-order valence-corrected chi connectivity index (χ1v) is 6.73. The van der Waals surface area contributed by atoms with Crippen LogP contribution in [0.25, 0.3) is 10.4 Å². The fourth-order valence-corrected chi connectivity index (χ4v) is 1.96. The Bertz CT molecular complexity index is 978. The zero-order chi connectivity index (χ0) is 20.3. The largest absolute Gasteiger partial charge is 0.519 e. The van der Waals surface area contributed by atoms with Gasteiger partial charge in [-0.1, -0.05) is 17.2 Å². The first-order chi connectivity index (χ1) is 12.7. The van der Waals surface area contributed by atoms with Crippen LogP contribution in [0.5, 0.6) is 11.5 Å². The van der Waals surface area contributed by atoms with Crippen molar-refractivity contribution in [1.29, 1.82) is 0 Å². The Morgan fingerprint density at radius 2 is 1.74 bits per heavy atom. The van der Waals surface area contributed by atoms with Crippen LogP contribution in [0.3, 0.4) is 0 Å². The summed E-state index contributed by atoms with van der Waals surface area (Å²) < 4.78 is 63.4. The van der Waals surface area contributed by atoms with Crippen LogP contribution in [0.2, 0.25) is 0 Å². The molecule has 0 N–H and O–H groups in total. The van der Waals surface area contributed by atoms with Crippen molar-refractivity contribution in [2.75, 3.05) is 0 Å². The van der Waals surface area contributed by atoms with E-state index in [9.17, 15) is 32.5 Å². The summed E-state index contributed by atoms with van der Waals surface area (Å²) in [6.45, 7) is 1.33. The maximum Gasteiger partial charge on any atom is 0.519 e. The van der Waals surface area contributed by atoms with Gasteiger partial charge >= 0.3 is 11.8 Å². The maximum absolute atomic E-state index is 13.8. The van der Waals surface area contributed by atoms with E-state index in [1.54, 1.807) is 0 Å². The molecule has 0 heterocycles. The SMILES string of the molecule is Cc1cccc(OC(=O)Oc2c(F)c(F)c(N=[N+]=[N-])c(F)c2F)c1[N+](=O)[O-]. The molecule has 0 radical (unpaired) electrons. The molecule has 0 spiro atoms. The number of halogens is 4. The summed E-state index contributed by atoms with van der Waals surface area (Å²) >= 11 is 0. The van der Waals surface area contributed by atoms with Crippen LogP contribution >= 0.6 is 0 Å². The molecule has 0 aliphatic rings. The zero-order valence-electron chi connectivity index (χ0n) is 13.1. The van der Waals surface area contributed by atoms with Crippen LogP contribution in [-0.2, 0) is 0 Å². The van der Waals surface area contributed by atoms with E-state index in [2.05, 4.69) is 14.6 Å².